The molecule has 0 aliphatic heterocycles. The largest absolute Gasteiger partial charge is 0.411 e. The summed E-state index contributed by atoms with van der Waals surface area (Å²) in [6, 6.07) is 0. The van der Waals surface area contributed by atoms with Crippen LogP contribution in [0, 0.1) is 0 Å². The summed E-state index contributed by atoms with van der Waals surface area (Å²) in [5, 5.41) is 38.9. The molecule has 0 radical (unpaired) electrons. The first-order chi connectivity index (χ1) is 4.72. The van der Waals surface area contributed by atoms with Crippen LogP contribution in [0.2, 0.25) is 0 Å². The van der Waals surface area contributed by atoms with E-state index in [0.717, 1.165) is 0 Å². The molecule has 1 rings (SSSR count). The predicted octanol–water partition coefficient (Wildman–Crippen LogP) is -1.62. The van der Waals surface area contributed by atoms with Crippen molar-refractivity contribution in [1.29, 1.82) is 0 Å². The van der Waals surface area contributed by atoms with Crippen LogP contribution in [0.5, 0.6) is 0 Å². The number of oxime groups is 2. The van der Waals surface area contributed by atoms with E-state index >= 15 is 0 Å². The SMILES string of the molecule is O/N=C1/C(=N/O)[C@H](O)[C@@H]1O. The molecule has 1 aliphatic rings. The third kappa shape index (κ3) is 0.662. The Morgan fingerprint density at radius 3 is 1.40 bits per heavy atom. The van der Waals surface area contributed by atoms with Gasteiger partial charge in [-0.25, -0.2) is 0 Å². The van der Waals surface area contributed by atoms with E-state index in [1.165, 1.54) is 0 Å². The highest BCUT2D eigenvalue weighted by molar-refractivity contribution is 6.52. The van der Waals surface area contributed by atoms with Crippen molar-refractivity contribution in [2.45, 2.75) is 12.2 Å². The second-order valence-corrected chi connectivity index (χ2v) is 1.86. The third-order valence-electron chi connectivity index (χ3n) is 1.34. The summed E-state index contributed by atoms with van der Waals surface area (Å²) in [6.45, 7) is 0. The minimum absolute atomic E-state index is 0.199. The standard InChI is InChI=1S/C4H6N2O4/c7-3-1(5-9)2(6-10)4(3)8/h3-4,7-10H/b5-1-,6-2-/t3-,4+. The number of aliphatic hydroxyl groups excluding tert-OH is 2. The van der Waals surface area contributed by atoms with E-state index in [2.05, 4.69) is 10.3 Å². The molecule has 2 atom stereocenters. The predicted molar refractivity (Wildman–Crippen MR) is 30.5 cm³/mol. The Hall–Kier alpha value is -1.14. The number of hydrogen-bond donors (Lipinski definition) is 4. The maximum Gasteiger partial charge on any atom is 0.139 e. The summed E-state index contributed by atoms with van der Waals surface area (Å²) in [5.74, 6) is 0. The molecule has 0 bridgehead atoms. The van der Waals surface area contributed by atoms with Gasteiger partial charge in [0.2, 0.25) is 0 Å². The zero-order valence-corrected chi connectivity index (χ0v) is 4.84. The van der Waals surface area contributed by atoms with Crippen LogP contribution in [-0.2, 0) is 0 Å². The molecule has 1 fully saturated rings. The van der Waals surface area contributed by atoms with Gasteiger partial charge in [0.05, 0.1) is 0 Å². The maximum atomic E-state index is 8.75. The lowest BCUT2D eigenvalue weighted by atomic mass is 9.87. The van der Waals surface area contributed by atoms with Crippen LogP contribution in [0.3, 0.4) is 0 Å². The number of nitrogens with zero attached hydrogens (tertiary/aromatic N) is 2. The van der Waals surface area contributed by atoms with Crippen LogP contribution in [-0.4, -0.2) is 44.3 Å². The average Bonchev–Trinajstić information content (AvgIpc) is 1.97. The normalized spacial score (nSPS) is 40.2. The van der Waals surface area contributed by atoms with Crippen LogP contribution >= 0.6 is 0 Å². The van der Waals surface area contributed by atoms with Crippen LogP contribution in [0.1, 0.15) is 0 Å². The molecule has 1 aliphatic carbocycles. The quantitative estimate of drug-likeness (QED) is 0.243. The molecule has 0 unspecified atom stereocenters. The lowest BCUT2D eigenvalue weighted by Crippen LogP contribution is -2.57. The summed E-state index contributed by atoms with van der Waals surface area (Å²) in [4.78, 5) is 0. The maximum absolute atomic E-state index is 8.75. The van der Waals surface area contributed by atoms with E-state index in [0.29, 0.717) is 0 Å². The van der Waals surface area contributed by atoms with Gasteiger partial charge in [0.25, 0.3) is 0 Å². The fraction of sp³-hybridized carbons (Fsp3) is 0.500. The summed E-state index contributed by atoms with van der Waals surface area (Å²) in [7, 11) is 0. The van der Waals surface area contributed by atoms with E-state index in [1.54, 1.807) is 0 Å². The van der Waals surface area contributed by atoms with Crippen LogP contribution in [0.15, 0.2) is 10.3 Å². The average molecular weight is 146 g/mol. The molecule has 0 saturated heterocycles. The Kier molecular flexibility index (Phi) is 1.56. The van der Waals surface area contributed by atoms with Gasteiger partial charge in [-0.3, -0.25) is 0 Å². The Bertz CT molecular complexity index is 177. The zero-order valence-electron chi connectivity index (χ0n) is 4.84. The van der Waals surface area contributed by atoms with Gasteiger partial charge < -0.3 is 20.6 Å². The molecule has 0 aromatic rings. The van der Waals surface area contributed by atoms with Crippen molar-refractivity contribution in [1.82, 2.24) is 0 Å². The fourth-order valence-electron chi connectivity index (χ4n) is 0.727. The van der Waals surface area contributed by atoms with E-state index in [1.807, 2.05) is 0 Å². The van der Waals surface area contributed by atoms with Crippen molar-refractivity contribution >= 4 is 11.4 Å². The number of hydrogen-bond acceptors (Lipinski definition) is 6. The van der Waals surface area contributed by atoms with Crippen molar-refractivity contribution in [2.24, 2.45) is 10.3 Å². The van der Waals surface area contributed by atoms with Gasteiger partial charge in [-0.1, -0.05) is 10.3 Å². The van der Waals surface area contributed by atoms with Crippen molar-refractivity contribution in [3.05, 3.63) is 0 Å². The summed E-state index contributed by atoms with van der Waals surface area (Å²) in [5.41, 5.74) is -0.398. The first kappa shape index (κ1) is 6.97. The first-order valence-electron chi connectivity index (χ1n) is 2.52. The molecule has 1 saturated carbocycles. The van der Waals surface area contributed by atoms with Crippen LogP contribution in [0.25, 0.3) is 0 Å². The molecule has 0 amide bonds. The van der Waals surface area contributed by atoms with Gasteiger partial charge in [-0.15, -0.1) is 0 Å². The molecular weight excluding hydrogens is 140 g/mol. The highest BCUT2D eigenvalue weighted by Gasteiger charge is 2.43. The fourth-order valence-corrected chi connectivity index (χ4v) is 0.727. The highest BCUT2D eigenvalue weighted by Crippen LogP contribution is 2.14. The van der Waals surface area contributed by atoms with Crippen LogP contribution < -0.4 is 0 Å². The zero-order chi connectivity index (χ0) is 7.72. The van der Waals surface area contributed by atoms with E-state index < -0.39 is 12.2 Å². The van der Waals surface area contributed by atoms with Gasteiger partial charge in [-0.05, 0) is 0 Å². The molecule has 0 spiro atoms. The summed E-state index contributed by atoms with van der Waals surface area (Å²) >= 11 is 0. The van der Waals surface area contributed by atoms with E-state index in [-0.39, 0.29) is 11.4 Å². The van der Waals surface area contributed by atoms with Crippen molar-refractivity contribution in [3.63, 3.8) is 0 Å². The van der Waals surface area contributed by atoms with Gasteiger partial charge in [0.15, 0.2) is 0 Å². The van der Waals surface area contributed by atoms with Crippen LogP contribution in [0.4, 0.5) is 0 Å². The van der Waals surface area contributed by atoms with Gasteiger partial charge >= 0.3 is 0 Å². The lowest BCUT2D eigenvalue weighted by Gasteiger charge is -2.28. The number of aliphatic hydroxyl groups is 2. The molecule has 0 aromatic heterocycles. The molecular formula is C4H6N2O4. The van der Waals surface area contributed by atoms with Gasteiger partial charge in [0, 0.05) is 0 Å². The van der Waals surface area contributed by atoms with Gasteiger partial charge in [-0.2, -0.15) is 0 Å². The van der Waals surface area contributed by atoms with Gasteiger partial charge in [0.1, 0.15) is 23.6 Å². The Morgan fingerprint density at radius 2 is 1.20 bits per heavy atom. The third-order valence-corrected chi connectivity index (χ3v) is 1.34. The second kappa shape index (κ2) is 2.24. The minimum Gasteiger partial charge on any atom is -0.411 e. The minimum atomic E-state index is -1.24. The van der Waals surface area contributed by atoms with Crippen molar-refractivity contribution in [3.8, 4) is 0 Å². The Morgan fingerprint density at radius 1 is 0.900 bits per heavy atom. The van der Waals surface area contributed by atoms with E-state index in [4.69, 9.17) is 20.6 Å². The molecule has 10 heavy (non-hydrogen) atoms. The molecule has 6 nitrogen and oxygen atoms in total. The first-order valence-corrected chi connectivity index (χ1v) is 2.52. The monoisotopic (exact) mass is 146 g/mol. The number of rotatable bonds is 0. The Balaban J connectivity index is 2.81. The summed E-state index contributed by atoms with van der Waals surface area (Å²) < 4.78 is 0. The van der Waals surface area contributed by atoms with Crippen molar-refractivity contribution < 1.29 is 20.6 Å². The molecule has 4 N–H and O–H groups in total. The van der Waals surface area contributed by atoms with E-state index in [9.17, 15) is 0 Å². The molecule has 6 heteroatoms. The lowest BCUT2D eigenvalue weighted by molar-refractivity contribution is 0.0854. The smallest absolute Gasteiger partial charge is 0.139 e. The molecule has 56 valence electrons. The molecule has 0 heterocycles. The highest BCUT2D eigenvalue weighted by atomic mass is 16.4. The molecule has 0 aromatic carbocycles. The topological polar surface area (TPSA) is 106 Å². The Labute approximate surface area is 55.7 Å². The summed E-state index contributed by atoms with van der Waals surface area (Å²) in [6.07, 6.45) is -2.48. The second-order valence-electron chi connectivity index (χ2n) is 1.86. The van der Waals surface area contributed by atoms with Crippen molar-refractivity contribution in [2.75, 3.05) is 0 Å².